The molecule has 0 saturated heterocycles. The highest BCUT2D eigenvalue weighted by molar-refractivity contribution is 7.17. The zero-order valence-electron chi connectivity index (χ0n) is 9.83. The molecule has 7 heteroatoms. The monoisotopic (exact) mass is 271 g/mol. The summed E-state index contributed by atoms with van der Waals surface area (Å²) in [5, 5.41) is 10.5. The number of thiophene rings is 1. The van der Waals surface area contributed by atoms with Gasteiger partial charge in [-0.15, -0.1) is 0 Å². The number of ether oxygens (including phenoxy) is 2. The smallest absolute Gasteiger partial charge is 0.348 e. The third-order valence-corrected chi connectivity index (χ3v) is 3.94. The first kappa shape index (κ1) is 13.0. The number of nitrogens with zero attached hydrogens (tertiary/aromatic N) is 1. The first-order chi connectivity index (χ1) is 8.61. The summed E-state index contributed by atoms with van der Waals surface area (Å²) in [7, 11) is 1.59. The van der Waals surface area contributed by atoms with Crippen molar-refractivity contribution >= 4 is 22.3 Å². The van der Waals surface area contributed by atoms with Crippen molar-refractivity contribution in [2.24, 2.45) is 0 Å². The standard InChI is InChI=1S/C11H13NO5S/c1-16-7-3-2-4-8(7)17-11(13)9-5-6-10(18-9)12(14)15/h5-8H,2-4H2,1H3/t7-,8+/m0/s1. The second-order valence-corrected chi connectivity index (χ2v) is 5.11. The summed E-state index contributed by atoms with van der Waals surface area (Å²) in [6.07, 6.45) is 2.30. The summed E-state index contributed by atoms with van der Waals surface area (Å²) >= 11 is 0.827. The molecular formula is C11H13NO5S. The summed E-state index contributed by atoms with van der Waals surface area (Å²) in [5.74, 6) is -0.512. The molecule has 1 aliphatic carbocycles. The van der Waals surface area contributed by atoms with Crippen molar-refractivity contribution in [2.75, 3.05) is 7.11 Å². The van der Waals surface area contributed by atoms with Gasteiger partial charge in [0.25, 0.3) is 0 Å². The molecule has 1 aliphatic rings. The van der Waals surface area contributed by atoms with Crippen molar-refractivity contribution < 1.29 is 19.2 Å². The third kappa shape index (κ3) is 2.68. The summed E-state index contributed by atoms with van der Waals surface area (Å²) in [6, 6.07) is 2.73. The van der Waals surface area contributed by atoms with Crippen molar-refractivity contribution in [1.29, 1.82) is 0 Å². The van der Waals surface area contributed by atoms with E-state index < -0.39 is 10.9 Å². The highest BCUT2D eigenvalue weighted by Crippen LogP contribution is 2.28. The maximum absolute atomic E-state index is 11.8. The van der Waals surface area contributed by atoms with E-state index in [9.17, 15) is 14.9 Å². The highest BCUT2D eigenvalue weighted by atomic mass is 32.1. The van der Waals surface area contributed by atoms with Crippen LogP contribution in [0.2, 0.25) is 0 Å². The van der Waals surface area contributed by atoms with Gasteiger partial charge < -0.3 is 9.47 Å². The Kier molecular flexibility index (Phi) is 3.93. The van der Waals surface area contributed by atoms with Crippen LogP contribution in [-0.4, -0.2) is 30.2 Å². The summed E-state index contributed by atoms with van der Waals surface area (Å²) < 4.78 is 10.5. The number of carbonyl (C=O) groups excluding carboxylic acids is 1. The molecule has 2 rings (SSSR count). The molecule has 0 N–H and O–H groups in total. The Bertz CT molecular complexity index is 458. The van der Waals surface area contributed by atoms with Crippen LogP contribution in [-0.2, 0) is 9.47 Å². The fourth-order valence-electron chi connectivity index (χ4n) is 2.03. The quantitative estimate of drug-likeness (QED) is 0.477. The van der Waals surface area contributed by atoms with Crippen LogP contribution >= 0.6 is 11.3 Å². The normalized spacial score (nSPS) is 22.9. The number of nitro groups is 1. The van der Waals surface area contributed by atoms with E-state index in [-0.39, 0.29) is 22.1 Å². The molecule has 0 radical (unpaired) electrons. The number of hydrogen-bond acceptors (Lipinski definition) is 6. The second kappa shape index (κ2) is 5.45. The van der Waals surface area contributed by atoms with Gasteiger partial charge in [-0.05, 0) is 25.3 Å². The fourth-order valence-corrected chi connectivity index (χ4v) is 2.73. The van der Waals surface area contributed by atoms with Gasteiger partial charge in [-0.3, -0.25) is 10.1 Å². The molecule has 98 valence electrons. The van der Waals surface area contributed by atoms with Crippen molar-refractivity contribution in [1.82, 2.24) is 0 Å². The molecule has 0 bridgehead atoms. The first-order valence-electron chi connectivity index (χ1n) is 5.60. The van der Waals surface area contributed by atoms with E-state index in [4.69, 9.17) is 9.47 Å². The average Bonchev–Trinajstić information content (AvgIpc) is 2.96. The van der Waals surface area contributed by atoms with Gasteiger partial charge in [0.15, 0.2) is 0 Å². The molecule has 1 aromatic rings. The molecule has 1 heterocycles. The lowest BCUT2D eigenvalue weighted by Crippen LogP contribution is -2.27. The molecule has 1 fully saturated rings. The SMILES string of the molecule is CO[C@H]1CCC[C@H]1OC(=O)c1ccc([N+](=O)[O-])s1. The van der Waals surface area contributed by atoms with Crippen molar-refractivity contribution in [3.63, 3.8) is 0 Å². The van der Waals surface area contributed by atoms with Gasteiger partial charge in [0.05, 0.1) is 11.0 Å². The van der Waals surface area contributed by atoms with E-state index in [1.54, 1.807) is 7.11 Å². The molecule has 1 saturated carbocycles. The molecule has 0 aromatic carbocycles. The predicted molar refractivity (Wildman–Crippen MR) is 64.8 cm³/mol. The van der Waals surface area contributed by atoms with Gasteiger partial charge >= 0.3 is 11.0 Å². The molecule has 0 unspecified atom stereocenters. The van der Waals surface area contributed by atoms with Crippen LogP contribution in [0.3, 0.4) is 0 Å². The van der Waals surface area contributed by atoms with Crippen molar-refractivity contribution in [3.05, 3.63) is 27.1 Å². The number of hydrogen-bond donors (Lipinski definition) is 0. The number of methoxy groups -OCH3 is 1. The van der Waals surface area contributed by atoms with Crippen LogP contribution in [0.25, 0.3) is 0 Å². The molecule has 1 aromatic heterocycles. The lowest BCUT2D eigenvalue weighted by Gasteiger charge is -2.18. The van der Waals surface area contributed by atoms with Crippen LogP contribution in [0.1, 0.15) is 28.9 Å². The van der Waals surface area contributed by atoms with Gasteiger partial charge in [0.1, 0.15) is 11.0 Å². The van der Waals surface area contributed by atoms with Gasteiger partial charge in [0.2, 0.25) is 0 Å². The summed E-state index contributed by atoms with van der Waals surface area (Å²) in [5.41, 5.74) is 0. The van der Waals surface area contributed by atoms with Crippen molar-refractivity contribution in [2.45, 2.75) is 31.5 Å². The van der Waals surface area contributed by atoms with E-state index in [2.05, 4.69) is 0 Å². The third-order valence-electron chi connectivity index (χ3n) is 2.93. The Labute approximate surface area is 108 Å². The van der Waals surface area contributed by atoms with E-state index in [1.807, 2.05) is 0 Å². The van der Waals surface area contributed by atoms with E-state index in [0.717, 1.165) is 30.6 Å². The lowest BCUT2D eigenvalue weighted by molar-refractivity contribution is -0.380. The Morgan fingerprint density at radius 3 is 2.78 bits per heavy atom. The summed E-state index contributed by atoms with van der Waals surface area (Å²) in [6.45, 7) is 0. The van der Waals surface area contributed by atoms with E-state index in [0.29, 0.717) is 0 Å². The van der Waals surface area contributed by atoms with E-state index in [1.165, 1.54) is 12.1 Å². The molecule has 0 amide bonds. The maximum Gasteiger partial charge on any atom is 0.348 e. The van der Waals surface area contributed by atoms with Crippen LogP contribution < -0.4 is 0 Å². The Hall–Kier alpha value is -1.47. The summed E-state index contributed by atoms with van der Waals surface area (Å²) in [4.78, 5) is 22.1. The highest BCUT2D eigenvalue weighted by Gasteiger charge is 2.31. The second-order valence-electron chi connectivity index (χ2n) is 4.04. The fraction of sp³-hybridized carbons (Fsp3) is 0.545. The van der Waals surface area contributed by atoms with Gasteiger partial charge in [-0.1, -0.05) is 11.3 Å². The topological polar surface area (TPSA) is 78.7 Å². The minimum atomic E-state index is -0.519. The maximum atomic E-state index is 11.8. The Balaban J connectivity index is 2.00. The lowest BCUT2D eigenvalue weighted by atomic mass is 10.2. The van der Waals surface area contributed by atoms with Crippen LogP contribution in [0, 0.1) is 10.1 Å². The van der Waals surface area contributed by atoms with Crippen LogP contribution in [0.5, 0.6) is 0 Å². The number of rotatable bonds is 4. The Morgan fingerprint density at radius 2 is 2.17 bits per heavy atom. The minimum Gasteiger partial charge on any atom is -0.455 e. The Morgan fingerprint density at radius 1 is 1.44 bits per heavy atom. The minimum absolute atomic E-state index is 0.0586. The first-order valence-corrected chi connectivity index (χ1v) is 6.41. The largest absolute Gasteiger partial charge is 0.455 e. The molecule has 18 heavy (non-hydrogen) atoms. The van der Waals surface area contributed by atoms with Gasteiger partial charge in [0, 0.05) is 13.2 Å². The predicted octanol–water partition coefficient (Wildman–Crippen LogP) is 2.38. The molecule has 0 spiro atoms. The van der Waals surface area contributed by atoms with Gasteiger partial charge in [-0.25, -0.2) is 4.79 Å². The zero-order valence-corrected chi connectivity index (χ0v) is 10.6. The van der Waals surface area contributed by atoms with Crippen LogP contribution in [0.4, 0.5) is 5.00 Å². The number of esters is 1. The average molecular weight is 271 g/mol. The van der Waals surface area contributed by atoms with E-state index >= 15 is 0 Å². The number of carbonyl (C=O) groups is 1. The van der Waals surface area contributed by atoms with Crippen LogP contribution in [0.15, 0.2) is 12.1 Å². The molecule has 2 atom stereocenters. The van der Waals surface area contributed by atoms with Gasteiger partial charge in [-0.2, -0.15) is 0 Å². The van der Waals surface area contributed by atoms with Crippen molar-refractivity contribution in [3.8, 4) is 0 Å². The zero-order chi connectivity index (χ0) is 13.1. The molecule has 0 aliphatic heterocycles. The molecule has 6 nitrogen and oxygen atoms in total. The molecular weight excluding hydrogens is 258 g/mol.